The van der Waals surface area contributed by atoms with E-state index in [4.69, 9.17) is 11.6 Å². The molecule has 2 aromatic carbocycles. The van der Waals surface area contributed by atoms with Crippen molar-refractivity contribution in [3.63, 3.8) is 0 Å². The van der Waals surface area contributed by atoms with Crippen LogP contribution in [0.3, 0.4) is 0 Å². The molecule has 4 aromatic rings. The molecule has 1 aliphatic heterocycles. The molecule has 0 spiro atoms. The van der Waals surface area contributed by atoms with Crippen molar-refractivity contribution in [1.29, 1.82) is 0 Å². The lowest BCUT2D eigenvalue weighted by atomic mass is 9.85. The second-order valence-electron chi connectivity index (χ2n) is 8.93. The fourth-order valence-electron chi connectivity index (χ4n) is 4.74. The van der Waals surface area contributed by atoms with Gasteiger partial charge in [0.15, 0.2) is 18.0 Å². The van der Waals surface area contributed by atoms with Gasteiger partial charge in [-0.05, 0) is 58.7 Å². The van der Waals surface area contributed by atoms with E-state index in [9.17, 15) is 19.9 Å². The van der Waals surface area contributed by atoms with E-state index < -0.39 is 17.6 Å². The highest BCUT2D eigenvalue weighted by Crippen LogP contribution is 2.35. The molecule has 0 aliphatic carbocycles. The summed E-state index contributed by atoms with van der Waals surface area (Å²) >= 11 is 6.18. The van der Waals surface area contributed by atoms with Crippen LogP contribution in [0.2, 0.25) is 5.02 Å². The molecule has 5 rings (SSSR count). The largest absolute Gasteiger partial charge is 0.619 e. The number of hydrogen-bond acceptors (Lipinski definition) is 7. The predicted molar refractivity (Wildman–Crippen MR) is 136 cm³/mol. The van der Waals surface area contributed by atoms with Gasteiger partial charge in [0.1, 0.15) is 12.4 Å². The molecule has 2 aromatic heterocycles. The third kappa shape index (κ3) is 4.81. The van der Waals surface area contributed by atoms with Crippen molar-refractivity contribution in [3.8, 4) is 5.69 Å². The number of pyridine rings is 1. The van der Waals surface area contributed by atoms with E-state index in [1.807, 2.05) is 24.3 Å². The molecule has 194 valence electrons. The molecule has 12 heteroatoms. The van der Waals surface area contributed by atoms with Gasteiger partial charge in [-0.3, -0.25) is 9.59 Å². The first-order chi connectivity index (χ1) is 18.4. The summed E-state index contributed by atoms with van der Waals surface area (Å²) in [6.45, 7) is 0.450. The molecule has 1 unspecified atom stereocenters. The lowest BCUT2D eigenvalue weighted by molar-refractivity contribution is -0.606. The maximum absolute atomic E-state index is 14.0. The number of para-hydroxylation sites is 1. The summed E-state index contributed by atoms with van der Waals surface area (Å²) in [5, 5.41) is 38.4. The first kappa shape index (κ1) is 25.3. The molecule has 0 radical (unpaired) electrons. The maximum Gasteiger partial charge on any atom is 0.264 e. The number of carbonyl (C=O) groups excluding carboxylic acids is 2. The van der Waals surface area contributed by atoms with Crippen molar-refractivity contribution in [3.05, 3.63) is 106 Å². The average Bonchev–Trinajstić information content (AvgIpc) is 3.64. The van der Waals surface area contributed by atoms with Crippen LogP contribution >= 0.6 is 11.6 Å². The third-order valence-electron chi connectivity index (χ3n) is 6.60. The number of nitrogens with zero attached hydrogens (tertiary/aromatic N) is 6. The molecule has 0 bridgehead atoms. The van der Waals surface area contributed by atoms with E-state index in [1.54, 1.807) is 18.2 Å². The van der Waals surface area contributed by atoms with Crippen molar-refractivity contribution in [1.82, 2.24) is 30.4 Å². The van der Waals surface area contributed by atoms with Crippen molar-refractivity contribution >= 4 is 23.4 Å². The van der Waals surface area contributed by atoms with Gasteiger partial charge < -0.3 is 20.5 Å². The number of benzene rings is 2. The quantitative estimate of drug-likeness (QED) is 0.271. The Kier molecular flexibility index (Phi) is 7.03. The SMILES string of the molecule is O=C(NCc1ccccc1-n1cnnn1)[C@@H]1CCCN1C(=O)C(O)(c1cccc(Cl)c1)c1ccc[n+]([O-])c1. The number of nitrogens with one attached hydrogen (secondary N) is 1. The van der Waals surface area contributed by atoms with Crippen LogP contribution in [0.4, 0.5) is 0 Å². The standard InChI is InChI=1S/C26H24ClN7O4/c27-21-9-3-7-19(14-21)26(37,20-8-4-12-32(38)16-20)25(36)33-13-5-11-23(33)24(35)28-15-18-6-1-2-10-22(18)34-17-29-30-31-34/h1-4,6-10,12,14,16-17,23,37H,5,11,13,15H2,(H,28,35)/t23-,26?/m0/s1. The lowest BCUT2D eigenvalue weighted by Crippen LogP contribution is -2.53. The number of amides is 2. The van der Waals surface area contributed by atoms with Crippen molar-refractivity contribution < 1.29 is 19.4 Å². The summed E-state index contributed by atoms with van der Waals surface area (Å²) in [6, 6.07) is 15.8. The highest BCUT2D eigenvalue weighted by molar-refractivity contribution is 6.30. The Morgan fingerprint density at radius 2 is 1.97 bits per heavy atom. The molecule has 1 aliphatic rings. The molecule has 2 atom stereocenters. The number of halogens is 1. The van der Waals surface area contributed by atoms with Gasteiger partial charge in [-0.2, -0.15) is 4.73 Å². The predicted octanol–water partition coefficient (Wildman–Crippen LogP) is 1.49. The summed E-state index contributed by atoms with van der Waals surface area (Å²) in [5.41, 5.74) is -0.467. The van der Waals surface area contributed by atoms with Crippen molar-refractivity contribution in [2.75, 3.05) is 6.54 Å². The molecule has 1 saturated heterocycles. The number of hydrogen-bond donors (Lipinski definition) is 2. The Morgan fingerprint density at radius 1 is 1.16 bits per heavy atom. The number of carbonyl (C=O) groups is 2. The van der Waals surface area contributed by atoms with E-state index in [1.165, 1.54) is 40.3 Å². The molecule has 11 nitrogen and oxygen atoms in total. The molecule has 1 fully saturated rings. The summed E-state index contributed by atoms with van der Waals surface area (Å²) in [6.07, 6.45) is 4.86. The molecule has 38 heavy (non-hydrogen) atoms. The zero-order valence-electron chi connectivity index (χ0n) is 20.1. The van der Waals surface area contributed by atoms with Gasteiger partial charge in [-0.15, -0.1) is 5.10 Å². The number of tetrazole rings is 1. The van der Waals surface area contributed by atoms with E-state index >= 15 is 0 Å². The van der Waals surface area contributed by atoms with Gasteiger partial charge >= 0.3 is 0 Å². The van der Waals surface area contributed by atoms with Gasteiger partial charge in [0, 0.05) is 24.2 Å². The number of rotatable bonds is 7. The smallest absolute Gasteiger partial charge is 0.264 e. The summed E-state index contributed by atoms with van der Waals surface area (Å²) in [7, 11) is 0. The fraction of sp³-hybridized carbons (Fsp3) is 0.231. The Morgan fingerprint density at radius 3 is 2.74 bits per heavy atom. The normalized spacial score (nSPS) is 16.7. The highest BCUT2D eigenvalue weighted by atomic mass is 35.5. The second kappa shape index (κ2) is 10.6. The van der Waals surface area contributed by atoms with E-state index in [0.29, 0.717) is 28.3 Å². The summed E-state index contributed by atoms with van der Waals surface area (Å²) in [4.78, 5) is 28.7. The van der Waals surface area contributed by atoms with Gasteiger partial charge in [0.2, 0.25) is 5.91 Å². The number of aromatic nitrogens is 5. The van der Waals surface area contributed by atoms with Crippen LogP contribution in [0, 0.1) is 5.21 Å². The minimum absolute atomic E-state index is 0.0729. The van der Waals surface area contributed by atoms with Crippen molar-refractivity contribution in [2.24, 2.45) is 0 Å². The van der Waals surface area contributed by atoms with Gasteiger partial charge in [-0.1, -0.05) is 41.9 Å². The van der Waals surface area contributed by atoms with Crippen LogP contribution in [0.15, 0.2) is 79.4 Å². The molecule has 2 amide bonds. The van der Waals surface area contributed by atoms with Crippen LogP contribution in [0.25, 0.3) is 5.69 Å². The van der Waals surface area contributed by atoms with E-state index in [2.05, 4.69) is 20.8 Å². The molecular weight excluding hydrogens is 510 g/mol. The zero-order valence-corrected chi connectivity index (χ0v) is 20.9. The number of aliphatic hydroxyl groups is 1. The minimum Gasteiger partial charge on any atom is -0.619 e. The maximum atomic E-state index is 14.0. The van der Waals surface area contributed by atoms with E-state index in [0.717, 1.165) is 11.8 Å². The summed E-state index contributed by atoms with van der Waals surface area (Å²) < 4.78 is 2.01. The first-order valence-corrected chi connectivity index (χ1v) is 12.3. The lowest BCUT2D eigenvalue weighted by Gasteiger charge is -2.34. The fourth-order valence-corrected chi connectivity index (χ4v) is 4.93. The molecule has 2 N–H and O–H groups in total. The molecule has 3 heterocycles. The molecule has 0 saturated carbocycles. The van der Waals surface area contributed by atoms with Crippen LogP contribution < -0.4 is 10.0 Å². The van der Waals surface area contributed by atoms with Gasteiger partial charge in [0.05, 0.1) is 11.3 Å². The topological polar surface area (TPSA) is 140 Å². The highest BCUT2D eigenvalue weighted by Gasteiger charge is 2.48. The Bertz CT molecular complexity index is 1420. The Balaban J connectivity index is 1.41. The summed E-state index contributed by atoms with van der Waals surface area (Å²) in [5.74, 6) is -1.07. The third-order valence-corrected chi connectivity index (χ3v) is 6.84. The van der Waals surface area contributed by atoms with Crippen LogP contribution in [-0.4, -0.2) is 54.6 Å². The van der Waals surface area contributed by atoms with Gasteiger partial charge in [-0.25, -0.2) is 4.68 Å². The number of likely N-dealkylation sites (tertiary alicyclic amines) is 1. The molecular formula is C26H24ClN7O4. The Hall–Kier alpha value is -4.35. The van der Waals surface area contributed by atoms with E-state index in [-0.39, 0.29) is 30.1 Å². The van der Waals surface area contributed by atoms with Crippen molar-refractivity contribution in [2.45, 2.75) is 31.0 Å². The monoisotopic (exact) mass is 533 g/mol. The van der Waals surface area contributed by atoms with Crippen LogP contribution in [-0.2, 0) is 21.7 Å². The second-order valence-corrected chi connectivity index (χ2v) is 9.37. The van der Waals surface area contributed by atoms with Crippen LogP contribution in [0.5, 0.6) is 0 Å². The average molecular weight is 534 g/mol. The van der Waals surface area contributed by atoms with Gasteiger partial charge in [0.25, 0.3) is 5.91 Å². The minimum atomic E-state index is -2.23. The zero-order chi connectivity index (χ0) is 26.7. The van der Waals surface area contributed by atoms with Crippen LogP contribution in [0.1, 0.15) is 29.5 Å². The first-order valence-electron chi connectivity index (χ1n) is 12.0. The Labute approximate surface area is 222 Å².